The van der Waals surface area contributed by atoms with E-state index >= 15 is 0 Å². The van der Waals surface area contributed by atoms with Crippen molar-refractivity contribution in [2.75, 3.05) is 7.11 Å². The summed E-state index contributed by atoms with van der Waals surface area (Å²) in [4.78, 5) is 4.28. The molecule has 2 heterocycles. The van der Waals surface area contributed by atoms with Gasteiger partial charge in [-0.3, -0.25) is 4.98 Å². The molecule has 1 saturated heterocycles. The average molecular weight is 237 g/mol. The Morgan fingerprint density at radius 3 is 2.65 bits per heavy atom. The lowest BCUT2D eigenvalue weighted by molar-refractivity contribution is -0.138. The second-order valence-electron chi connectivity index (χ2n) is 4.75. The van der Waals surface area contributed by atoms with Gasteiger partial charge in [0, 0.05) is 19.0 Å². The maximum absolute atomic E-state index is 10.8. The number of ether oxygens (including phenoxy) is 2. The van der Waals surface area contributed by atoms with E-state index in [-0.39, 0.29) is 12.2 Å². The van der Waals surface area contributed by atoms with Gasteiger partial charge in [-0.2, -0.15) is 0 Å². The molecule has 1 aliphatic heterocycles. The van der Waals surface area contributed by atoms with Crippen LogP contribution in [0.1, 0.15) is 32.4 Å². The Labute approximate surface area is 102 Å². The van der Waals surface area contributed by atoms with Gasteiger partial charge in [0.15, 0.2) is 0 Å². The Kier molecular flexibility index (Phi) is 3.35. The smallest absolute Gasteiger partial charge is 0.143 e. The number of aliphatic hydroxyl groups is 1. The normalized spacial score (nSPS) is 33.4. The summed E-state index contributed by atoms with van der Waals surface area (Å²) in [5.74, 6) is 0.635. The van der Waals surface area contributed by atoms with Gasteiger partial charge < -0.3 is 14.6 Å². The van der Waals surface area contributed by atoms with Crippen molar-refractivity contribution in [3.05, 3.63) is 24.0 Å². The predicted octanol–water partition coefficient (Wildman–Crippen LogP) is 1.87. The molecular formula is C13H19NO3. The largest absolute Gasteiger partial charge is 0.495 e. The molecule has 0 spiro atoms. The van der Waals surface area contributed by atoms with Gasteiger partial charge in [-0.1, -0.05) is 0 Å². The third-order valence-electron chi connectivity index (χ3n) is 3.15. The predicted molar refractivity (Wildman–Crippen MR) is 63.9 cm³/mol. The number of nitrogens with zero attached hydrogens (tertiary/aromatic N) is 1. The summed E-state index contributed by atoms with van der Waals surface area (Å²) in [5, 5.41) is 10.8. The van der Waals surface area contributed by atoms with Crippen LogP contribution >= 0.6 is 0 Å². The number of rotatable bonds is 2. The summed E-state index contributed by atoms with van der Waals surface area (Å²) in [5.41, 5.74) is -0.339. The van der Waals surface area contributed by atoms with E-state index in [0.29, 0.717) is 24.3 Å². The Bertz CT molecular complexity index is 384. The highest BCUT2D eigenvalue weighted by atomic mass is 16.5. The molecule has 1 aliphatic rings. The first-order chi connectivity index (χ1) is 8.05. The van der Waals surface area contributed by atoms with E-state index in [1.54, 1.807) is 19.4 Å². The summed E-state index contributed by atoms with van der Waals surface area (Å²) < 4.78 is 10.9. The molecule has 4 heteroatoms. The molecule has 0 bridgehead atoms. The topological polar surface area (TPSA) is 51.6 Å². The Morgan fingerprint density at radius 1 is 1.41 bits per heavy atom. The van der Waals surface area contributed by atoms with Crippen molar-refractivity contribution in [1.29, 1.82) is 0 Å². The molecule has 2 atom stereocenters. The lowest BCUT2D eigenvalue weighted by Crippen LogP contribution is -2.42. The highest BCUT2D eigenvalue weighted by Crippen LogP contribution is 2.39. The van der Waals surface area contributed by atoms with Crippen molar-refractivity contribution in [3.8, 4) is 5.75 Å². The summed E-state index contributed by atoms with van der Waals surface area (Å²) in [6.45, 7) is 3.94. The SMILES string of the molecule is COc1cccnc1C1(O)CC(C)OC(C)C1. The average Bonchev–Trinajstić information content (AvgIpc) is 2.27. The Hall–Kier alpha value is -1.13. The van der Waals surface area contributed by atoms with Gasteiger partial charge in [0.2, 0.25) is 0 Å². The first-order valence-corrected chi connectivity index (χ1v) is 5.92. The first-order valence-electron chi connectivity index (χ1n) is 5.92. The lowest BCUT2D eigenvalue weighted by atomic mass is 9.84. The molecule has 0 radical (unpaired) electrons. The minimum absolute atomic E-state index is 0.0236. The number of pyridine rings is 1. The molecule has 0 saturated carbocycles. The van der Waals surface area contributed by atoms with Crippen molar-refractivity contribution < 1.29 is 14.6 Å². The zero-order valence-corrected chi connectivity index (χ0v) is 10.5. The molecular weight excluding hydrogens is 218 g/mol. The van der Waals surface area contributed by atoms with Crippen molar-refractivity contribution in [1.82, 2.24) is 4.98 Å². The maximum atomic E-state index is 10.8. The lowest BCUT2D eigenvalue weighted by Gasteiger charge is -2.39. The highest BCUT2D eigenvalue weighted by Gasteiger charge is 2.41. The third-order valence-corrected chi connectivity index (χ3v) is 3.15. The fourth-order valence-electron chi connectivity index (χ4n) is 2.63. The van der Waals surface area contributed by atoms with Crippen molar-refractivity contribution in [2.24, 2.45) is 0 Å². The number of aromatic nitrogens is 1. The molecule has 1 fully saturated rings. The van der Waals surface area contributed by atoms with Crippen LogP contribution in [-0.4, -0.2) is 29.4 Å². The summed E-state index contributed by atoms with van der Waals surface area (Å²) >= 11 is 0. The molecule has 1 aromatic heterocycles. The van der Waals surface area contributed by atoms with E-state index in [4.69, 9.17) is 9.47 Å². The zero-order chi connectivity index (χ0) is 12.5. The third kappa shape index (κ3) is 2.42. The molecule has 2 unspecified atom stereocenters. The van der Waals surface area contributed by atoms with E-state index < -0.39 is 5.60 Å². The molecule has 17 heavy (non-hydrogen) atoms. The van der Waals surface area contributed by atoms with Crippen molar-refractivity contribution >= 4 is 0 Å². The van der Waals surface area contributed by atoms with Crippen LogP contribution in [0.5, 0.6) is 5.75 Å². The van der Waals surface area contributed by atoms with E-state index in [1.165, 1.54) is 0 Å². The van der Waals surface area contributed by atoms with Gasteiger partial charge >= 0.3 is 0 Å². The van der Waals surface area contributed by atoms with E-state index in [9.17, 15) is 5.11 Å². The quantitative estimate of drug-likeness (QED) is 0.853. The molecule has 1 N–H and O–H groups in total. The van der Waals surface area contributed by atoms with Crippen LogP contribution in [-0.2, 0) is 10.3 Å². The van der Waals surface area contributed by atoms with Crippen LogP contribution in [0.15, 0.2) is 18.3 Å². The molecule has 4 nitrogen and oxygen atoms in total. The van der Waals surface area contributed by atoms with Crippen LogP contribution in [0.2, 0.25) is 0 Å². The summed E-state index contributed by atoms with van der Waals surface area (Å²) in [6.07, 6.45) is 2.82. The number of methoxy groups -OCH3 is 1. The molecule has 1 aromatic rings. The van der Waals surface area contributed by atoms with Gasteiger partial charge in [-0.05, 0) is 26.0 Å². The van der Waals surface area contributed by atoms with E-state index in [2.05, 4.69) is 4.98 Å². The van der Waals surface area contributed by atoms with Crippen LogP contribution in [0.3, 0.4) is 0 Å². The van der Waals surface area contributed by atoms with E-state index in [0.717, 1.165) is 0 Å². The Balaban J connectivity index is 2.36. The summed E-state index contributed by atoms with van der Waals surface area (Å²) in [7, 11) is 1.59. The molecule has 2 rings (SSSR count). The second kappa shape index (κ2) is 4.63. The molecule has 94 valence electrons. The first kappa shape index (κ1) is 12.3. The van der Waals surface area contributed by atoms with Crippen molar-refractivity contribution in [3.63, 3.8) is 0 Å². The zero-order valence-electron chi connectivity index (χ0n) is 10.5. The van der Waals surface area contributed by atoms with Crippen molar-refractivity contribution in [2.45, 2.75) is 44.5 Å². The van der Waals surface area contributed by atoms with Gasteiger partial charge in [0.05, 0.1) is 19.3 Å². The standard InChI is InChI=1S/C13H19NO3/c1-9-7-13(15,8-10(2)17-9)12-11(16-3)5-4-6-14-12/h4-6,9-10,15H,7-8H2,1-3H3. The highest BCUT2D eigenvalue weighted by molar-refractivity contribution is 5.32. The van der Waals surface area contributed by atoms with Gasteiger partial charge in [0.25, 0.3) is 0 Å². The minimum Gasteiger partial charge on any atom is -0.495 e. The van der Waals surface area contributed by atoms with Gasteiger partial charge in [-0.15, -0.1) is 0 Å². The Morgan fingerprint density at radius 2 is 2.06 bits per heavy atom. The molecule has 0 amide bonds. The fourth-order valence-corrected chi connectivity index (χ4v) is 2.63. The number of hydrogen-bond donors (Lipinski definition) is 1. The fraction of sp³-hybridized carbons (Fsp3) is 0.615. The van der Waals surface area contributed by atoms with Crippen LogP contribution in [0.4, 0.5) is 0 Å². The number of hydrogen-bond acceptors (Lipinski definition) is 4. The van der Waals surface area contributed by atoms with Crippen LogP contribution < -0.4 is 4.74 Å². The maximum Gasteiger partial charge on any atom is 0.143 e. The summed E-state index contributed by atoms with van der Waals surface area (Å²) in [6, 6.07) is 3.63. The van der Waals surface area contributed by atoms with Gasteiger partial charge in [-0.25, -0.2) is 0 Å². The van der Waals surface area contributed by atoms with Crippen LogP contribution in [0.25, 0.3) is 0 Å². The molecule has 0 aromatic carbocycles. The van der Waals surface area contributed by atoms with Crippen LogP contribution in [0, 0.1) is 0 Å². The monoisotopic (exact) mass is 237 g/mol. The second-order valence-corrected chi connectivity index (χ2v) is 4.75. The van der Waals surface area contributed by atoms with Gasteiger partial charge in [0.1, 0.15) is 17.0 Å². The van der Waals surface area contributed by atoms with E-state index in [1.807, 2.05) is 19.9 Å². The molecule has 0 aliphatic carbocycles. The minimum atomic E-state index is -0.955.